The van der Waals surface area contributed by atoms with Crippen LogP contribution in [0.25, 0.3) is 10.4 Å². The molecule has 1 aromatic rings. The molecule has 0 saturated carbocycles. The van der Waals surface area contributed by atoms with E-state index in [1.54, 1.807) is 10.8 Å². The maximum Gasteiger partial charge on any atom is 0.301 e. The second kappa shape index (κ2) is 4.27. The molecule has 2 aliphatic rings. The van der Waals surface area contributed by atoms with E-state index in [9.17, 15) is 4.79 Å². The van der Waals surface area contributed by atoms with Gasteiger partial charge in [-0.1, -0.05) is 5.11 Å². The molecule has 3 heterocycles. The highest BCUT2D eigenvalue weighted by molar-refractivity contribution is 9.10. The highest BCUT2D eigenvalue weighted by Gasteiger charge is 2.39. The first-order valence-electron chi connectivity index (χ1n) is 5.30. The molecular formula is C9H8BrN5O3. The van der Waals surface area contributed by atoms with Crippen molar-refractivity contribution in [3.8, 4) is 6.01 Å². The van der Waals surface area contributed by atoms with Gasteiger partial charge in [0.2, 0.25) is 0 Å². The maximum absolute atomic E-state index is 11.4. The van der Waals surface area contributed by atoms with Gasteiger partial charge in [-0.15, -0.1) is 0 Å². The van der Waals surface area contributed by atoms with Gasteiger partial charge < -0.3 is 9.47 Å². The Balaban J connectivity index is 2.03. The van der Waals surface area contributed by atoms with Crippen molar-refractivity contribution in [1.29, 1.82) is 0 Å². The Morgan fingerprint density at radius 1 is 1.67 bits per heavy atom. The van der Waals surface area contributed by atoms with Crippen LogP contribution < -0.4 is 10.3 Å². The molecule has 1 fully saturated rings. The average molecular weight is 314 g/mol. The number of rotatable bonds is 1. The summed E-state index contributed by atoms with van der Waals surface area (Å²) >= 11 is 3.13. The molecule has 1 saturated heterocycles. The van der Waals surface area contributed by atoms with E-state index in [4.69, 9.17) is 15.0 Å². The lowest BCUT2D eigenvalue weighted by Gasteiger charge is -2.16. The fourth-order valence-electron chi connectivity index (χ4n) is 2.12. The van der Waals surface area contributed by atoms with Gasteiger partial charge in [0.25, 0.3) is 5.56 Å². The molecule has 0 aliphatic carbocycles. The van der Waals surface area contributed by atoms with Crippen molar-refractivity contribution in [2.75, 3.05) is 6.61 Å². The lowest BCUT2D eigenvalue weighted by molar-refractivity contribution is 0.00186. The van der Waals surface area contributed by atoms with E-state index >= 15 is 0 Å². The molecule has 1 aromatic heterocycles. The summed E-state index contributed by atoms with van der Waals surface area (Å²) in [5, 5.41) is 3.69. The monoisotopic (exact) mass is 313 g/mol. The predicted molar refractivity (Wildman–Crippen MR) is 63.2 cm³/mol. The molecule has 18 heavy (non-hydrogen) atoms. The zero-order valence-corrected chi connectivity index (χ0v) is 10.6. The van der Waals surface area contributed by atoms with Crippen molar-refractivity contribution >= 4 is 15.9 Å². The molecule has 0 radical (unpaired) electrons. The van der Waals surface area contributed by atoms with Crippen molar-refractivity contribution in [1.82, 2.24) is 9.55 Å². The van der Waals surface area contributed by atoms with Gasteiger partial charge in [-0.25, -0.2) is 0 Å². The maximum atomic E-state index is 11.4. The minimum absolute atomic E-state index is 0.217. The summed E-state index contributed by atoms with van der Waals surface area (Å²) in [5.41, 5.74) is 8.10. The Kier molecular flexibility index (Phi) is 2.73. The molecule has 2 bridgehead atoms. The number of hydrogen-bond acceptors (Lipinski definition) is 5. The second-order valence-electron chi connectivity index (χ2n) is 4.03. The normalized spacial score (nSPS) is 28.8. The smallest absolute Gasteiger partial charge is 0.301 e. The zero-order chi connectivity index (χ0) is 12.7. The summed E-state index contributed by atoms with van der Waals surface area (Å²) in [6.07, 6.45) is 1.49. The van der Waals surface area contributed by atoms with Crippen LogP contribution in [0.4, 0.5) is 0 Å². The van der Waals surface area contributed by atoms with Gasteiger partial charge in [0.15, 0.2) is 0 Å². The van der Waals surface area contributed by atoms with Crippen LogP contribution in [-0.2, 0) is 4.74 Å². The third-order valence-corrected chi connectivity index (χ3v) is 3.51. The fourth-order valence-corrected chi connectivity index (χ4v) is 2.43. The van der Waals surface area contributed by atoms with Crippen LogP contribution in [-0.4, -0.2) is 28.3 Å². The lowest BCUT2D eigenvalue weighted by Crippen LogP contribution is -2.27. The standard InChI is InChI=1S/C9H8BrN5O3/c10-4-2-15-7-1-5(13-14-11)6(18-7)3-17-9(15)12-8(4)16/h2,5-7H,1,3H2/t5-,6+,7-/m0/s1. The quantitative estimate of drug-likeness (QED) is 0.443. The summed E-state index contributed by atoms with van der Waals surface area (Å²) in [6.45, 7) is 0.217. The minimum atomic E-state index is -0.384. The Hall–Kier alpha value is -1.57. The van der Waals surface area contributed by atoms with Crippen molar-refractivity contribution in [2.24, 2.45) is 5.11 Å². The number of azide groups is 1. The summed E-state index contributed by atoms with van der Waals surface area (Å²) < 4.78 is 13.1. The molecule has 0 amide bonds. The summed E-state index contributed by atoms with van der Waals surface area (Å²) in [6, 6.07) is -0.0264. The predicted octanol–water partition coefficient (Wildman–Crippen LogP) is 1.36. The van der Waals surface area contributed by atoms with Crippen LogP contribution in [0, 0.1) is 0 Å². The van der Waals surface area contributed by atoms with E-state index in [0.717, 1.165) is 0 Å². The Morgan fingerprint density at radius 2 is 2.50 bits per heavy atom. The molecule has 0 N–H and O–H groups in total. The van der Waals surface area contributed by atoms with Crippen molar-refractivity contribution in [2.45, 2.75) is 24.8 Å². The number of halogens is 1. The lowest BCUT2D eigenvalue weighted by atomic mass is 10.1. The van der Waals surface area contributed by atoms with Crippen molar-refractivity contribution < 1.29 is 9.47 Å². The average Bonchev–Trinajstić information content (AvgIpc) is 2.65. The molecule has 0 spiro atoms. The van der Waals surface area contributed by atoms with E-state index < -0.39 is 0 Å². The second-order valence-corrected chi connectivity index (χ2v) is 4.89. The molecule has 3 rings (SSSR count). The van der Waals surface area contributed by atoms with Crippen LogP contribution in [0.3, 0.4) is 0 Å². The SMILES string of the molecule is [N-]=[N+]=N[C@H]1C[C@@H]2O[C@@H]1COc1nc(=O)c(Br)cn12. The van der Waals surface area contributed by atoms with Crippen LogP contribution in [0.1, 0.15) is 12.6 Å². The van der Waals surface area contributed by atoms with Gasteiger partial charge >= 0.3 is 6.01 Å². The first-order valence-corrected chi connectivity index (χ1v) is 6.09. The number of aromatic nitrogens is 2. The number of ether oxygens (including phenoxy) is 2. The van der Waals surface area contributed by atoms with E-state index in [1.165, 1.54) is 0 Å². The third kappa shape index (κ3) is 1.76. The van der Waals surface area contributed by atoms with Crippen LogP contribution in [0.15, 0.2) is 20.6 Å². The highest BCUT2D eigenvalue weighted by atomic mass is 79.9. The molecule has 2 aliphatic heterocycles. The molecule has 8 nitrogen and oxygen atoms in total. The minimum Gasteiger partial charge on any atom is -0.462 e. The van der Waals surface area contributed by atoms with Gasteiger partial charge in [0.1, 0.15) is 23.4 Å². The van der Waals surface area contributed by atoms with Crippen LogP contribution in [0.2, 0.25) is 0 Å². The summed E-state index contributed by atoms with van der Waals surface area (Å²) in [7, 11) is 0. The van der Waals surface area contributed by atoms with E-state index in [2.05, 4.69) is 30.9 Å². The number of fused-ring (bicyclic) bond motifs is 4. The fraction of sp³-hybridized carbons (Fsp3) is 0.556. The summed E-state index contributed by atoms with van der Waals surface area (Å²) in [4.78, 5) is 18.0. The molecule has 3 atom stereocenters. The van der Waals surface area contributed by atoms with Gasteiger partial charge in [-0.3, -0.25) is 9.36 Å². The van der Waals surface area contributed by atoms with E-state index in [-0.39, 0.29) is 36.6 Å². The van der Waals surface area contributed by atoms with Crippen molar-refractivity contribution in [3.05, 3.63) is 31.5 Å². The van der Waals surface area contributed by atoms with Gasteiger partial charge in [0, 0.05) is 17.5 Å². The van der Waals surface area contributed by atoms with E-state index in [0.29, 0.717) is 10.9 Å². The first kappa shape index (κ1) is 11.5. The topological polar surface area (TPSA) is 102 Å². The number of hydrogen-bond donors (Lipinski definition) is 0. The zero-order valence-electron chi connectivity index (χ0n) is 9.06. The van der Waals surface area contributed by atoms with E-state index in [1.807, 2.05) is 0 Å². The molecule has 94 valence electrons. The largest absolute Gasteiger partial charge is 0.462 e. The summed E-state index contributed by atoms with van der Waals surface area (Å²) in [5.74, 6) is 0. The Bertz CT molecular complexity index is 596. The Labute approximate surface area is 109 Å². The van der Waals surface area contributed by atoms with Crippen LogP contribution >= 0.6 is 15.9 Å². The van der Waals surface area contributed by atoms with Gasteiger partial charge in [0.05, 0.1) is 6.04 Å². The number of nitrogens with zero attached hydrogens (tertiary/aromatic N) is 5. The molecule has 0 aromatic carbocycles. The molecule has 0 unspecified atom stereocenters. The van der Waals surface area contributed by atoms with Gasteiger partial charge in [-0.2, -0.15) is 4.98 Å². The highest BCUT2D eigenvalue weighted by Crippen LogP contribution is 2.35. The van der Waals surface area contributed by atoms with Gasteiger partial charge in [-0.05, 0) is 21.5 Å². The molecular weight excluding hydrogens is 306 g/mol. The Morgan fingerprint density at radius 3 is 3.28 bits per heavy atom. The third-order valence-electron chi connectivity index (χ3n) is 2.97. The molecule has 9 heteroatoms. The van der Waals surface area contributed by atoms with Crippen molar-refractivity contribution in [3.63, 3.8) is 0 Å². The van der Waals surface area contributed by atoms with Crippen LogP contribution in [0.5, 0.6) is 6.01 Å². The first-order chi connectivity index (χ1) is 8.69.